The zero-order chi connectivity index (χ0) is 20.2. The molecular weight excluding hydrogens is 425 g/mol. The molecule has 1 heterocycles. The van der Waals surface area contributed by atoms with Crippen molar-refractivity contribution in [1.82, 2.24) is 5.01 Å². The van der Waals surface area contributed by atoms with E-state index in [-0.39, 0.29) is 6.35 Å². The summed E-state index contributed by atoms with van der Waals surface area (Å²) in [6.07, 6.45) is -0.386. The van der Waals surface area contributed by atoms with Gasteiger partial charge in [0.2, 0.25) is 0 Å². The molecule has 1 aliphatic heterocycles. The van der Waals surface area contributed by atoms with Crippen LogP contribution in [0.3, 0.4) is 0 Å². The fraction of sp³-hybridized carbons (Fsp3) is 0.136. The van der Waals surface area contributed by atoms with Crippen LogP contribution in [0.25, 0.3) is 0 Å². The normalized spacial score (nSPS) is 16.1. The van der Waals surface area contributed by atoms with Gasteiger partial charge >= 0.3 is 0 Å². The number of hydrogen-bond donors (Lipinski definition) is 0. The maximum absolute atomic E-state index is 6.35. The van der Waals surface area contributed by atoms with E-state index in [1.54, 1.807) is 17.8 Å². The second-order valence-electron chi connectivity index (χ2n) is 6.44. The molecule has 1 atom stereocenters. The first-order valence-electron chi connectivity index (χ1n) is 9.06. The van der Waals surface area contributed by atoms with Gasteiger partial charge in [0.15, 0.2) is 5.17 Å². The van der Waals surface area contributed by atoms with Crippen molar-refractivity contribution in [3.05, 3.63) is 94.5 Å². The van der Waals surface area contributed by atoms with E-state index in [4.69, 9.17) is 33.0 Å². The van der Waals surface area contributed by atoms with Gasteiger partial charge in [-0.25, -0.2) is 5.01 Å². The van der Waals surface area contributed by atoms with Gasteiger partial charge in [0, 0.05) is 28.5 Å². The molecule has 3 aromatic carbocycles. The van der Waals surface area contributed by atoms with Crippen molar-refractivity contribution in [2.45, 2.75) is 12.1 Å². The number of rotatable bonds is 5. The lowest BCUT2D eigenvalue weighted by atomic mass is 10.2. The minimum atomic E-state index is -0.386. The second-order valence-corrected chi connectivity index (χ2v) is 8.23. The van der Waals surface area contributed by atoms with E-state index < -0.39 is 0 Å². The summed E-state index contributed by atoms with van der Waals surface area (Å²) in [6.45, 7) is 0. The molecule has 0 aromatic heterocycles. The average Bonchev–Trinajstić information content (AvgIpc) is 3.04. The molecule has 0 fully saturated rings. The Balaban J connectivity index is 1.58. The zero-order valence-electron chi connectivity index (χ0n) is 15.7. The standard InChI is InChI=1S/C22H19Cl2N3OS/c1-26-22(28-19-10-6-3-7-11-19)27(18-8-4-2-5-9-18)21(25-26)29-15-16-12-13-17(23)14-20(16)24/h2-14,22H,15H2,1H3. The van der Waals surface area contributed by atoms with E-state index >= 15 is 0 Å². The highest BCUT2D eigenvalue weighted by Crippen LogP contribution is 2.33. The number of hydrogen-bond acceptors (Lipinski definition) is 5. The van der Waals surface area contributed by atoms with Gasteiger partial charge in [-0.05, 0) is 42.0 Å². The second kappa shape index (κ2) is 8.99. The lowest BCUT2D eigenvalue weighted by molar-refractivity contribution is 0.0698. The Kier molecular flexibility index (Phi) is 6.19. The predicted octanol–water partition coefficient (Wildman–Crippen LogP) is 6.31. The summed E-state index contributed by atoms with van der Waals surface area (Å²) in [4.78, 5) is 2.08. The number of anilines is 1. The molecule has 0 saturated heterocycles. The molecule has 0 amide bonds. The number of nitrogens with zero attached hydrogens (tertiary/aromatic N) is 3. The zero-order valence-corrected chi connectivity index (χ0v) is 18.0. The molecule has 4 rings (SSSR count). The molecule has 0 N–H and O–H groups in total. The molecule has 0 bridgehead atoms. The molecule has 0 aliphatic carbocycles. The van der Waals surface area contributed by atoms with Gasteiger partial charge in [-0.15, -0.1) is 5.10 Å². The van der Waals surface area contributed by atoms with Crippen molar-refractivity contribution in [2.24, 2.45) is 5.10 Å². The highest BCUT2D eigenvalue weighted by atomic mass is 35.5. The number of benzene rings is 3. The third-order valence-corrected chi connectivity index (χ3v) is 5.96. The van der Waals surface area contributed by atoms with Crippen LogP contribution in [0.1, 0.15) is 5.56 Å². The summed E-state index contributed by atoms with van der Waals surface area (Å²) in [7, 11) is 1.91. The quantitative estimate of drug-likeness (QED) is 0.461. The summed E-state index contributed by atoms with van der Waals surface area (Å²) >= 11 is 14.0. The van der Waals surface area contributed by atoms with Crippen LogP contribution in [0, 0.1) is 0 Å². The van der Waals surface area contributed by atoms with E-state index in [1.807, 2.05) is 84.9 Å². The number of ether oxygens (including phenoxy) is 1. The third-order valence-electron chi connectivity index (χ3n) is 4.38. The monoisotopic (exact) mass is 443 g/mol. The minimum absolute atomic E-state index is 0.386. The average molecular weight is 444 g/mol. The fourth-order valence-electron chi connectivity index (χ4n) is 2.95. The molecule has 0 spiro atoms. The maximum Gasteiger partial charge on any atom is 0.273 e. The van der Waals surface area contributed by atoms with Gasteiger partial charge in [-0.1, -0.05) is 77.4 Å². The molecular formula is C22H19Cl2N3OS. The summed E-state index contributed by atoms with van der Waals surface area (Å²) in [6, 6.07) is 25.4. The SMILES string of the molecule is CN1N=C(SCc2ccc(Cl)cc2Cl)N(c2ccccc2)C1Oc1ccccc1. The maximum atomic E-state index is 6.35. The number of hydrazone groups is 1. The number of halogens is 2. The molecule has 1 aliphatic rings. The Morgan fingerprint density at radius 1 is 0.966 bits per heavy atom. The Labute approximate surface area is 184 Å². The number of thioether (sulfide) groups is 1. The Morgan fingerprint density at radius 2 is 1.66 bits per heavy atom. The van der Waals surface area contributed by atoms with Crippen molar-refractivity contribution < 1.29 is 4.74 Å². The van der Waals surface area contributed by atoms with Crippen LogP contribution in [-0.2, 0) is 5.75 Å². The molecule has 29 heavy (non-hydrogen) atoms. The predicted molar refractivity (Wildman–Crippen MR) is 123 cm³/mol. The van der Waals surface area contributed by atoms with Crippen molar-refractivity contribution in [3.63, 3.8) is 0 Å². The molecule has 0 radical (unpaired) electrons. The van der Waals surface area contributed by atoms with E-state index in [0.29, 0.717) is 15.8 Å². The molecule has 1 unspecified atom stereocenters. The largest absolute Gasteiger partial charge is 0.450 e. The van der Waals surface area contributed by atoms with E-state index in [2.05, 4.69) is 4.90 Å². The first-order chi connectivity index (χ1) is 14.1. The first kappa shape index (κ1) is 20.0. The van der Waals surface area contributed by atoms with Crippen LogP contribution in [0.5, 0.6) is 5.75 Å². The Bertz CT molecular complexity index is 1000. The summed E-state index contributed by atoms with van der Waals surface area (Å²) in [5, 5.41) is 8.68. The van der Waals surface area contributed by atoms with Gasteiger partial charge in [-0.2, -0.15) is 0 Å². The molecule has 7 heteroatoms. The summed E-state index contributed by atoms with van der Waals surface area (Å²) in [5.74, 6) is 1.46. The van der Waals surface area contributed by atoms with Crippen LogP contribution in [0.15, 0.2) is 84.0 Å². The molecule has 4 nitrogen and oxygen atoms in total. The minimum Gasteiger partial charge on any atom is -0.450 e. The lowest BCUT2D eigenvalue weighted by Crippen LogP contribution is -2.44. The van der Waals surface area contributed by atoms with Gasteiger partial charge in [-0.3, -0.25) is 4.90 Å². The highest BCUT2D eigenvalue weighted by molar-refractivity contribution is 8.13. The molecule has 148 valence electrons. The van der Waals surface area contributed by atoms with E-state index in [1.165, 1.54) is 0 Å². The molecule has 0 saturated carbocycles. The van der Waals surface area contributed by atoms with Gasteiger partial charge in [0.05, 0.1) is 0 Å². The van der Waals surface area contributed by atoms with Crippen LogP contribution in [0.4, 0.5) is 5.69 Å². The van der Waals surface area contributed by atoms with E-state index in [9.17, 15) is 0 Å². The van der Waals surface area contributed by atoms with Gasteiger partial charge in [0.1, 0.15) is 5.75 Å². The third kappa shape index (κ3) is 4.64. The fourth-order valence-corrected chi connectivity index (χ4v) is 4.56. The Morgan fingerprint density at radius 3 is 2.34 bits per heavy atom. The van der Waals surface area contributed by atoms with Crippen molar-refractivity contribution in [3.8, 4) is 5.75 Å². The van der Waals surface area contributed by atoms with Crippen LogP contribution in [0.2, 0.25) is 10.0 Å². The number of para-hydroxylation sites is 2. The topological polar surface area (TPSA) is 28.1 Å². The summed E-state index contributed by atoms with van der Waals surface area (Å²) in [5.41, 5.74) is 2.01. The molecule has 3 aromatic rings. The van der Waals surface area contributed by atoms with Gasteiger partial charge < -0.3 is 4.74 Å². The Hall–Kier alpha value is -2.34. The summed E-state index contributed by atoms with van der Waals surface area (Å²) < 4.78 is 6.26. The number of amidine groups is 1. The highest BCUT2D eigenvalue weighted by Gasteiger charge is 2.35. The van der Waals surface area contributed by atoms with Gasteiger partial charge in [0.25, 0.3) is 6.35 Å². The smallest absolute Gasteiger partial charge is 0.273 e. The van der Waals surface area contributed by atoms with Crippen molar-refractivity contribution in [2.75, 3.05) is 11.9 Å². The lowest BCUT2D eigenvalue weighted by Gasteiger charge is -2.30. The van der Waals surface area contributed by atoms with Crippen molar-refractivity contribution >= 4 is 45.8 Å². The van der Waals surface area contributed by atoms with Crippen LogP contribution >= 0.6 is 35.0 Å². The van der Waals surface area contributed by atoms with Crippen molar-refractivity contribution in [1.29, 1.82) is 0 Å². The first-order valence-corrected chi connectivity index (χ1v) is 10.8. The van der Waals surface area contributed by atoms with E-state index in [0.717, 1.165) is 22.2 Å². The van der Waals surface area contributed by atoms with Crippen LogP contribution in [-0.4, -0.2) is 23.6 Å². The van der Waals surface area contributed by atoms with Crippen LogP contribution < -0.4 is 9.64 Å².